The van der Waals surface area contributed by atoms with Gasteiger partial charge in [0.25, 0.3) is 0 Å². The highest BCUT2D eigenvalue weighted by molar-refractivity contribution is 6.00. The van der Waals surface area contributed by atoms with Crippen molar-refractivity contribution in [3.05, 3.63) is 66.4 Å². The van der Waals surface area contributed by atoms with E-state index >= 15 is 0 Å². The van der Waals surface area contributed by atoms with Gasteiger partial charge < -0.3 is 20.1 Å². The number of benzene rings is 2. The Labute approximate surface area is 151 Å². The van der Waals surface area contributed by atoms with Crippen LogP contribution in [0.2, 0.25) is 0 Å². The Kier molecular flexibility index (Phi) is 5.28. The lowest BCUT2D eigenvalue weighted by Gasteiger charge is -2.11. The van der Waals surface area contributed by atoms with Gasteiger partial charge in [0.2, 0.25) is 5.88 Å². The van der Waals surface area contributed by atoms with Crippen LogP contribution in [0.4, 0.5) is 16.2 Å². The van der Waals surface area contributed by atoms with E-state index < -0.39 is 0 Å². The molecule has 7 heteroatoms. The van der Waals surface area contributed by atoms with Gasteiger partial charge in [-0.1, -0.05) is 12.1 Å². The van der Waals surface area contributed by atoms with Crippen LogP contribution in [0.1, 0.15) is 5.69 Å². The molecule has 2 aromatic carbocycles. The maximum absolute atomic E-state index is 12.1. The summed E-state index contributed by atoms with van der Waals surface area (Å²) in [6, 6.07) is 17.3. The Morgan fingerprint density at radius 2 is 1.69 bits per heavy atom. The van der Waals surface area contributed by atoms with Crippen LogP contribution in [-0.4, -0.2) is 23.3 Å². The molecule has 7 nitrogen and oxygen atoms in total. The number of carbonyl (C=O) groups excluding carboxylic acids is 1. The summed E-state index contributed by atoms with van der Waals surface area (Å²) >= 11 is 0. The van der Waals surface area contributed by atoms with Crippen molar-refractivity contribution in [2.45, 2.75) is 6.92 Å². The average Bonchev–Trinajstić information content (AvgIpc) is 2.65. The summed E-state index contributed by atoms with van der Waals surface area (Å²) < 4.78 is 10.8. The zero-order valence-corrected chi connectivity index (χ0v) is 14.4. The second-order valence-electron chi connectivity index (χ2n) is 5.42. The topological polar surface area (TPSA) is 85.4 Å². The first-order chi connectivity index (χ1) is 12.6. The highest BCUT2D eigenvalue weighted by Gasteiger charge is 2.07. The molecule has 3 aromatic rings. The number of hydrogen-bond acceptors (Lipinski definition) is 5. The van der Waals surface area contributed by atoms with Gasteiger partial charge in [0.1, 0.15) is 11.5 Å². The quantitative estimate of drug-likeness (QED) is 0.719. The molecular weight excluding hydrogens is 332 g/mol. The van der Waals surface area contributed by atoms with E-state index in [1.165, 1.54) is 0 Å². The van der Waals surface area contributed by atoms with E-state index in [1.54, 1.807) is 49.6 Å². The standard InChI is InChI=1S/C19H18N4O3/c1-13-7-12-18(23-22-13)26-15-10-8-14(9-11-15)20-19(24)21-16-5-3-4-6-17(16)25-2/h3-12H,1-2H3,(H2,20,21,24). The third-order valence-electron chi connectivity index (χ3n) is 3.46. The average molecular weight is 350 g/mol. The van der Waals surface area contributed by atoms with Crippen LogP contribution < -0.4 is 20.1 Å². The first kappa shape index (κ1) is 17.2. The number of aryl methyl sites for hydroxylation is 1. The van der Waals surface area contributed by atoms with Crippen LogP contribution in [0.15, 0.2) is 60.7 Å². The molecule has 0 atom stereocenters. The summed E-state index contributed by atoms with van der Waals surface area (Å²) in [4.78, 5) is 12.1. The molecule has 0 saturated carbocycles. The largest absolute Gasteiger partial charge is 0.495 e. The predicted octanol–water partition coefficient (Wildman–Crippen LogP) is 4.23. The number of anilines is 2. The minimum absolute atomic E-state index is 0.368. The Bertz CT molecular complexity index is 880. The Morgan fingerprint density at radius 3 is 2.38 bits per heavy atom. The molecule has 0 radical (unpaired) electrons. The van der Waals surface area contributed by atoms with Crippen molar-refractivity contribution >= 4 is 17.4 Å². The van der Waals surface area contributed by atoms with Gasteiger partial charge in [0.15, 0.2) is 0 Å². The van der Waals surface area contributed by atoms with E-state index in [9.17, 15) is 4.79 Å². The zero-order valence-electron chi connectivity index (χ0n) is 14.4. The molecule has 1 heterocycles. The molecule has 0 aliphatic heterocycles. The summed E-state index contributed by atoms with van der Waals surface area (Å²) in [7, 11) is 1.55. The maximum Gasteiger partial charge on any atom is 0.323 e. The molecule has 0 aliphatic rings. The first-order valence-corrected chi connectivity index (χ1v) is 7.93. The lowest BCUT2D eigenvalue weighted by atomic mass is 10.3. The summed E-state index contributed by atoms with van der Waals surface area (Å²) in [5, 5.41) is 13.4. The van der Waals surface area contributed by atoms with Crippen molar-refractivity contribution in [1.82, 2.24) is 10.2 Å². The maximum atomic E-state index is 12.1. The zero-order chi connectivity index (χ0) is 18.4. The number of methoxy groups -OCH3 is 1. The molecule has 3 rings (SSSR count). The Balaban J connectivity index is 1.60. The SMILES string of the molecule is COc1ccccc1NC(=O)Nc1ccc(Oc2ccc(C)nn2)cc1. The van der Waals surface area contributed by atoms with Crippen LogP contribution in [0.5, 0.6) is 17.4 Å². The highest BCUT2D eigenvalue weighted by Crippen LogP contribution is 2.24. The smallest absolute Gasteiger partial charge is 0.323 e. The molecular formula is C19H18N4O3. The lowest BCUT2D eigenvalue weighted by molar-refractivity contribution is 0.262. The fourth-order valence-electron chi connectivity index (χ4n) is 2.20. The number of nitrogens with zero attached hydrogens (tertiary/aromatic N) is 2. The van der Waals surface area contributed by atoms with E-state index in [0.717, 1.165) is 5.69 Å². The van der Waals surface area contributed by atoms with Gasteiger partial charge in [0, 0.05) is 11.8 Å². The highest BCUT2D eigenvalue weighted by atomic mass is 16.5. The third-order valence-corrected chi connectivity index (χ3v) is 3.46. The molecule has 0 saturated heterocycles. The number of hydrogen-bond donors (Lipinski definition) is 2. The lowest BCUT2D eigenvalue weighted by Crippen LogP contribution is -2.19. The summed E-state index contributed by atoms with van der Waals surface area (Å²) in [6.07, 6.45) is 0. The molecule has 1 aromatic heterocycles. The molecule has 132 valence electrons. The normalized spacial score (nSPS) is 10.1. The molecule has 26 heavy (non-hydrogen) atoms. The van der Waals surface area contributed by atoms with Crippen LogP contribution in [0, 0.1) is 6.92 Å². The van der Waals surface area contributed by atoms with Crippen LogP contribution in [0.25, 0.3) is 0 Å². The van der Waals surface area contributed by atoms with Crippen molar-refractivity contribution in [1.29, 1.82) is 0 Å². The molecule has 0 spiro atoms. The van der Waals surface area contributed by atoms with E-state index in [0.29, 0.717) is 28.8 Å². The van der Waals surface area contributed by atoms with Gasteiger partial charge in [-0.2, -0.15) is 5.10 Å². The second kappa shape index (κ2) is 7.98. The van der Waals surface area contributed by atoms with Crippen molar-refractivity contribution in [2.75, 3.05) is 17.7 Å². The third kappa shape index (κ3) is 4.47. The van der Waals surface area contributed by atoms with E-state index in [4.69, 9.17) is 9.47 Å². The number of para-hydroxylation sites is 2. The molecule has 2 N–H and O–H groups in total. The first-order valence-electron chi connectivity index (χ1n) is 7.93. The monoisotopic (exact) mass is 350 g/mol. The number of rotatable bonds is 5. The van der Waals surface area contributed by atoms with Gasteiger partial charge in [-0.05, 0) is 49.4 Å². The number of urea groups is 1. The Hall–Kier alpha value is -3.61. The molecule has 2 amide bonds. The van der Waals surface area contributed by atoms with Gasteiger partial charge >= 0.3 is 6.03 Å². The van der Waals surface area contributed by atoms with Crippen molar-refractivity contribution in [2.24, 2.45) is 0 Å². The van der Waals surface area contributed by atoms with Crippen LogP contribution in [0.3, 0.4) is 0 Å². The van der Waals surface area contributed by atoms with Gasteiger partial charge in [-0.25, -0.2) is 4.79 Å². The van der Waals surface area contributed by atoms with Gasteiger partial charge in [-0.15, -0.1) is 5.10 Å². The Morgan fingerprint density at radius 1 is 0.923 bits per heavy atom. The summed E-state index contributed by atoms with van der Waals surface area (Å²) in [5.41, 5.74) is 2.03. The number of aromatic nitrogens is 2. The van der Waals surface area contributed by atoms with E-state index in [-0.39, 0.29) is 6.03 Å². The van der Waals surface area contributed by atoms with E-state index in [1.807, 2.05) is 25.1 Å². The van der Waals surface area contributed by atoms with Crippen LogP contribution >= 0.6 is 0 Å². The van der Waals surface area contributed by atoms with Gasteiger partial charge in [-0.3, -0.25) is 0 Å². The van der Waals surface area contributed by atoms with E-state index in [2.05, 4.69) is 20.8 Å². The minimum Gasteiger partial charge on any atom is -0.495 e. The molecule has 0 fully saturated rings. The summed E-state index contributed by atoms with van der Waals surface area (Å²) in [5.74, 6) is 1.59. The minimum atomic E-state index is -0.368. The second-order valence-corrected chi connectivity index (χ2v) is 5.42. The fraction of sp³-hybridized carbons (Fsp3) is 0.105. The number of amides is 2. The predicted molar refractivity (Wildman–Crippen MR) is 98.9 cm³/mol. The van der Waals surface area contributed by atoms with Crippen molar-refractivity contribution in [3.8, 4) is 17.4 Å². The molecule has 0 unspecified atom stereocenters. The molecule has 0 aliphatic carbocycles. The number of nitrogens with one attached hydrogen (secondary N) is 2. The molecule has 0 bridgehead atoms. The number of carbonyl (C=O) groups is 1. The fourth-order valence-corrected chi connectivity index (χ4v) is 2.20. The van der Waals surface area contributed by atoms with Crippen LogP contribution in [-0.2, 0) is 0 Å². The van der Waals surface area contributed by atoms with Crippen molar-refractivity contribution in [3.63, 3.8) is 0 Å². The summed E-state index contributed by atoms with van der Waals surface area (Å²) in [6.45, 7) is 1.85. The number of ether oxygens (including phenoxy) is 2. The van der Waals surface area contributed by atoms with Crippen molar-refractivity contribution < 1.29 is 14.3 Å². The van der Waals surface area contributed by atoms with Gasteiger partial charge in [0.05, 0.1) is 18.5 Å².